The number of hydrogen-bond acceptors (Lipinski definition) is 4. The largest absolute Gasteiger partial charge is 0.486 e. The maximum Gasteiger partial charge on any atom is 0.239 e. The molecule has 6 heteroatoms. The molecule has 1 atom stereocenters. The van der Waals surface area contributed by atoms with Crippen molar-refractivity contribution in [3.8, 4) is 11.5 Å². The summed E-state index contributed by atoms with van der Waals surface area (Å²) in [7, 11) is 0. The number of amides is 2. The van der Waals surface area contributed by atoms with Crippen molar-refractivity contribution in [1.29, 1.82) is 0 Å². The minimum absolute atomic E-state index is 0.163. The molecule has 0 bridgehead atoms. The highest BCUT2D eigenvalue weighted by Crippen LogP contribution is 2.36. The minimum Gasteiger partial charge on any atom is -0.486 e. The molecule has 1 N–H and O–H groups in total. The average Bonchev–Trinajstić information content (AvgIpc) is 2.87. The first-order chi connectivity index (χ1) is 10.8. The third-order valence-corrected chi connectivity index (χ3v) is 3.86. The van der Waals surface area contributed by atoms with E-state index < -0.39 is 5.92 Å². The number of fused-ring (bicyclic) bond motifs is 1. The number of carbonyl (C=O) groups is 2. The summed E-state index contributed by atoms with van der Waals surface area (Å²) in [5, 5.41) is 2.88. The van der Waals surface area contributed by atoms with E-state index in [0.717, 1.165) is 5.69 Å². The summed E-state index contributed by atoms with van der Waals surface area (Å²) in [5.41, 5.74) is 0.396. The number of rotatable bonds is 2. The van der Waals surface area contributed by atoms with Crippen molar-refractivity contribution in [1.82, 2.24) is 5.32 Å². The van der Waals surface area contributed by atoms with E-state index in [1.165, 1.54) is 0 Å². The Morgan fingerprint density at radius 2 is 1.91 bits per heavy atom. The van der Waals surface area contributed by atoms with Gasteiger partial charge in [0.05, 0.1) is 0 Å². The maximum atomic E-state index is 12.6. The lowest BCUT2D eigenvalue weighted by Gasteiger charge is -2.24. The van der Waals surface area contributed by atoms with Crippen LogP contribution in [0.3, 0.4) is 0 Å². The maximum absolute atomic E-state index is 12.6. The summed E-state index contributed by atoms with van der Waals surface area (Å²) in [5.74, 6) is 0.339. The van der Waals surface area contributed by atoms with Crippen molar-refractivity contribution < 1.29 is 19.1 Å². The van der Waals surface area contributed by atoms with Gasteiger partial charge in [0.2, 0.25) is 11.8 Å². The van der Waals surface area contributed by atoms with E-state index in [0.29, 0.717) is 37.7 Å². The molecule has 1 aromatic rings. The third-order valence-electron chi connectivity index (χ3n) is 3.86. The molecule has 1 aromatic carbocycles. The van der Waals surface area contributed by atoms with Crippen LogP contribution in [-0.4, -0.2) is 37.1 Å². The summed E-state index contributed by atoms with van der Waals surface area (Å²) in [4.78, 5) is 26.5. The van der Waals surface area contributed by atoms with Crippen LogP contribution in [0, 0.1) is 5.92 Å². The molecule has 2 heterocycles. The van der Waals surface area contributed by atoms with Crippen LogP contribution in [0.4, 0.5) is 5.69 Å². The lowest BCUT2D eigenvalue weighted by Crippen LogP contribution is -2.45. The van der Waals surface area contributed by atoms with Crippen LogP contribution < -0.4 is 19.7 Å². The molecule has 0 aliphatic carbocycles. The molecule has 2 amide bonds. The van der Waals surface area contributed by atoms with Crippen LogP contribution >= 0.6 is 0 Å². The zero-order valence-electron chi connectivity index (χ0n) is 13.7. The first kappa shape index (κ1) is 15.6. The van der Waals surface area contributed by atoms with Gasteiger partial charge in [-0.25, -0.2) is 0 Å². The summed E-state index contributed by atoms with van der Waals surface area (Å²) in [6.45, 7) is 7.28. The van der Waals surface area contributed by atoms with Crippen LogP contribution in [-0.2, 0) is 9.59 Å². The van der Waals surface area contributed by atoms with Crippen molar-refractivity contribution in [2.24, 2.45) is 5.92 Å². The van der Waals surface area contributed by atoms with Gasteiger partial charge in [-0.05, 0) is 39.3 Å². The highest BCUT2D eigenvalue weighted by atomic mass is 16.6. The lowest BCUT2D eigenvalue weighted by atomic mass is 10.0. The van der Waals surface area contributed by atoms with E-state index in [2.05, 4.69) is 5.32 Å². The monoisotopic (exact) mass is 318 g/mol. The molecule has 1 fully saturated rings. The Hall–Kier alpha value is -2.24. The van der Waals surface area contributed by atoms with Gasteiger partial charge in [0.15, 0.2) is 11.5 Å². The van der Waals surface area contributed by atoms with Gasteiger partial charge in [0.25, 0.3) is 0 Å². The van der Waals surface area contributed by atoms with Gasteiger partial charge in [0.1, 0.15) is 19.1 Å². The molecule has 0 radical (unpaired) electrons. The molecule has 2 aliphatic heterocycles. The Morgan fingerprint density at radius 3 is 2.61 bits per heavy atom. The number of ether oxygens (including phenoxy) is 2. The Balaban J connectivity index is 1.75. The molecule has 1 unspecified atom stereocenters. The van der Waals surface area contributed by atoms with E-state index in [4.69, 9.17) is 9.47 Å². The highest BCUT2D eigenvalue weighted by Gasteiger charge is 2.38. The predicted octanol–water partition coefficient (Wildman–Crippen LogP) is 1.73. The SMILES string of the molecule is CC(C)(C)NC(=O)C1CCN(c2ccc3c(c2)OCCO3)C1=O. The number of carbonyl (C=O) groups excluding carboxylic acids is 2. The number of hydrogen-bond donors (Lipinski definition) is 1. The first-order valence-electron chi connectivity index (χ1n) is 7.88. The molecule has 23 heavy (non-hydrogen) atoms. The van der Waals surface area contributed by atoms with Crippen molar-refractivity contribution in [3.63, 3.8) is 0 Å². The van der Waals surface area contributed by atoms with Gasteiger partial charge in [-0.15, -0.1) is 0 Å². The van der Waals surface area contributed by atoms with Crippen molar-refractivity contribution in [2.45, 2.75) is 32.7 Å². The zero-order chi connectivity index (χ0) is 16.6. The first-order valence-corrected chi connectivity index (χ1v) is 7.88. The Kier molecular flexibility index (Phi) is 3.92. The molecule has 3 rings (SSSR count). The molecule has 0 aromatic heterocycles. The van der Waals surface area contributed by atoms with Gasteiger partial charge in [-0.3, -0.25) is 9.59 Å². The quantitative estimate of drug-likeness (QED) is 0.843. The van der Waals surface area contributed by atoms with E-state index in [-0.39, 0.29) is 17.4 Å². The van der Waals surface area contributed by atoms with Gasteiger partial charge in [-0.1, -0.05) is 0 Å². The Labute approximate surface area is 135 Å². The van der Waals surface area contributed by atoms with Gasteiger partial charge >= 0.3 is 0 Å². The van der Waals surface area contributed by atoms with Crippen LogP contribution in [0.2, 0.25) is 0 Å². The summed E-state index contributed by atoms with van der Waals surface area (Å²) in [6, 6.07) is 5.44. The zero-order valence-corrected chi connectivity index (χ0v) is 13.7. The molecule has 0 saturated carbocycles. The molecule has 0 spiro atoms. The number of nitrogens with zero attached hydrogens (tertiary/aromatic N) is 1. The third kappa shape index (κ3) is 3.25. The predicted molar refractivity (Wildman–Crippen MR) is 85.8 cm³/mol. The second-order valence-corrected chi connectivity index (χ2v) is 6.90. The smallest absolute Gasteiger partial charge is 0.239 e. The lowest BCUT2D eigenvalue weighted by molar-refractivity contribution is -0.133. The molecular formula is C17H22N2O4. The number of nitrogens with one attached hydrogen (secondary N) is 1. The second-order valence-electron chi connectivity index (χ2n) is 6.90. The molecule has 2 aliphatic rings. The van der Waals surface area contributed by atoms with E-state index in [9.17, 15) is 9.59 Å². The average molecular weight is 318 g/mol. The van der Waals surface area contributed by atoms with Crippen molar-refractivity contribution in [3.05, 3.63) is 18.2 Å². The Bertz CT molecular complexity index is 636. The van der Waals surface area contributed by atoms with Crippen LogP contribution in [0.5, 0.6) is 11.5 Å². The molecule has 6 nitrogen and oxygen atoms in total. The molecular weight excluding hydrogens is 296 g/mol. The summed E-state index contributed by atoms with van der Waals surface area (Å²) >= 11 is 0. The van der Waals surface area contributed by atoms with E-state index in [1.807, 2.05) is 26.8 Å². The van der Waals surface area contributed by atoms with Gasteiger partial charge in [0, 0.05) is 23.8 Å². The second kappa shape index (κ2) is 5.76. The topological polar surface area (TPSA) is 67.9 Å². The highest BCUT2D eigenvalue weighted by molar-refractivity contribution is 6.09. The molecule has 124 valence electrons. The van der Waals surface area contributed by atoms with Crippen molar-refractivity contribution in [2.75, 3.05) is 24.7 Å². The fourth-order valence-corrected chi connectivity index (χ4v) is 2.84. The standard InChI is InChI=1S/C17H22N2O4/c1-17(2,3)18-15(20)12-6-7-19(16(12)21)11-4-5-13-14(10-11)23-9-8-22-13/h4-5,10,12H,6-9H2,1-3H3,(H,18,20). The van der Waals surface area contributed by atoms with Gasteiger partial charge < -0.3 is 19.7 Å². The fraction of sp³-hybridized carbons (Fsp3) is 0.529. The number of anilines is 1. The fourth-order valence-electron chi connectivity index (χ4n) is 2.84. The summed E-state index contributed by atoms with van der Waals surface area (Å²) < 4.78 is 11.0. The van der Waals surface area contributed by atoms with Crippen LogP contribution in [0.1, 0.15) is 27.2 Å². The minimum atomic E-state index is -0.623. The van der Waals surface area contributed by atoms with Gasteiger partial charge in [-0.2, -0.15) is 0 Å². The normalized spacial score (nSPS) is 20.6. The van der Waals surface area contributed by atoms with E-state index >= 15 is 0 Å². The summed E-state index contributed by atoms with van der Waals surface area (Å²) in [6.07, 6.45) is 0.523. The van der Waals surface area contributed by atoms with Crippen LogP contribution in [0.15, 0.2) is 18.2 Å². The molecule has 1 saturated heterocycles. The van der Waals surface area contributed by atoms with E-state index in [1.54, 1.807) is 17.0 Å². The number of benzene rings is 1. The van der Waals surface area contributed by atoms with Crippen molar-refractivity contribution >= 4 is 17.5 Å². The Morgan fingerprint density at radius 1 is 1.22 bits per heavy atom. The van der Waals surface area contributed by atoms with Crippen LogP contribution in [0.25, 0.3) is 0 Å².